The lowest BCUT2D eigenvalue weighted by Crippen LogP contribution is -2.35. The summed E-state index contributed by atoms with van der Waals surface area (Å²) < 4.78 is 0. The summed E-state index contributed by atoms with van der Waals surface area (Å²) in [5.41, 5.74) is 13.3. The zero-order valence-corrected chi connectivity index (χ0v) is 16.0. The van der Waals surface area contributed by atoms with Crippen molar-refractivity contribution in [1.82, 2.24) is 9.97 Å². The summed E-state index contributed by atoms with van der Waals surface area (Å²) in [6, 6.07) is 12.8. The number of rotatable bonds is 6. The fourth-order valence-electron chi connectivity index (χ4n) is 3.04. The van der Waals surface area contributed by atoms with E-state index in [-0.39, 0.29) is 6.04 Å². The normalized spacial score (nSPS) is 12.7. The second-order valence-electron chi connectivity index (χ2n) is 7.23. The number of para-hydroxylation sites is 1. The number of benzene rings is 2. The minimum Gasteiger partial charge on any atom is -0.366 e. The molecule has 0 radical (unpaired) electrons. The van der Waals surface area contributed by atoms with Gasteiger partial charge in [-0.1, -0.05) is 29.8 Å². The molecule has 140 valence electrons. The lowest BCUT2D eigenvalue weighted by atomic mass is 9.92. The number of carbonyl (C=O) groups is 1. The molecule has 0 bridgehead atoms. The minimum atomic E-state index is -0.525. The van der Waals surface area contributed by atoms with Crippen molar-refractivity contribution in [2.75, 3.05) is 5.32 Å². The van der Waals surface area contributed by atoms with E-state index in [1.807, 2.05) is 44.2 Å². The van der Waals surface area contributed by atoms with E-state index in [2.05, 4.69) is 15.3 Å². The number of nitrogens with zero attached hydrogens (tertiary/aromatic N) is 2. The molecule has 1 aromatic heterocycles. The van der Waals surface area contributed by atoms with Crippen molar-refractivity contribution in [3.05, 3.63) is 64.9 Å². The molecule has 27 heavy (non-hydrogen) atoms. The van der Waals surface area contributed by atoms with Gasteiger partial charge in [0.2, 0.25) is 0 Å². The van der Waals surface area contributed by atoms with Crippen LogP contribution in [0.5, 0.6) is 0 Å². The Morgan fingerprint density at radius 2 is 1.89 bits per heavy atom. The standard InChI is InChI=1S/C20H22ClN5O/c1-20(2,23)10-16(12-6-8-13(21)9-7-12)26-19-15-5-3-4-14(18(22)27)17(15)24-11-25-19/h3-9,11,16H,10,23H2,1-2H3,(H2,22,27)(H,24,25,26). The number of fused-ring (bicyclic) bond motifs is 1. The first-order valence-corrected chi connectivity index (χ1v) is 8.97. The molecule has 1 amide bonds. The van der Waals surface area contributed by atoms with Gasteiger partial charge < -0.3 is 16.8 Å². The SMILES string of the molecule is CC(C)(N)CC(Nc1ncnc2c(C(N)=O)cccc12)c1ccc(Cl)cc1. The molecule has 3 aromatic rings. The number of halogens is 1. The minimum absolute atomic E-state index is 0.0994. The van der Waals surface area contributed by atoms with Crippen LogP contribution in [0.15, 0.2) is 48.8 Å². The Kier molecular flexibility index (Phi) is 5.30. The number of carbonyl (C=O) groups excluding carboxylic acids is 1. The summed E-state index contributed by atoms with van der Waals surface area (Å²) >= 11 is 6.03. The highest BCUT2D eigenvalue weighted by Gasteiger charge is 2.22. The van der Waals surface area contributed by atoms with Crippen LogP contribution < -0.4 is 16.8 Å². The third-order valence-electron chi connectivity index (χ3n) is 4.24. The molecule has 7 heteroatoms. The molecule has 1 atom stereocenters. The molecule has 5 N–H and O–H groups in total. The van der Waals surface area contributed by atoms with Crippen LogP contribution in [0.3, 0.4) is 0 Å². The van der Waals surface area contributed by atoms with Crippen molar-refractivity contribution in [2.24, 2.45) is 11.5 Å². The molecule has 0 aliphatic rings. The summed E-state index contributed by atoms with van der Waals surface area (Å²) in [5.74, 6) is 0.0925. The lowest BCUT2D eigenvalue weighted by Gasteiger charge is -2.28. The van der Waals surface area contributed by atoms with Gasteiger partial charge in [-0.2, -0.15) is 0 Å². The highest BCUT2D eigenvalue weighted by Crippen LogP contribution is 2.30. The van der Waals surface area contributed by atoms with Crippen LogP contribution in [0, 0.1) is 0 Å². The first-order valence-electron chi connectivity index (χ1n) is 8.59. The van der Waals surface area contributed by atoms with Crippen LogP contribution in [-0.2, 0) is 0 Å². The fraction of sp³-hybridized carbons (Fsp3) is 0.250. The van der Waals surface area contributed by atoms with Gasteiger partial charge in [0.15, 0.2) is 0 Å². The van der Waals surface area contributed by atoms with E-state index in [0.717, 1.165) is 10.9 Å². The molecule has 2 aromatic carbocycles. The van der Waals surface area contributed by atoms with Gasteiger partial charge in [0, 0.05) is 15.9 Å². The molecule has 1 unspecified atom stereocenters. The predicted molar refractivity (Wildman–Crippen MR) is 109 cm³/mol. The van der Waals surface area contributed by atoms with E-state index in [1.54, 1.807) is 12.1 Å². The zero-order valence-electron chi connectivity index (χ0n) is 15.2. The van der Waals surface area contributed by atoms with Gasteiger partial charge in [-0.25, -0.2) is 9.97 Å². The molecule has 1 heterocycles. The highest BCUT2D eigenvalue weighted by molar-refractivity contribution is 6.30. The van der Waals surface area contributed by atoms with Crippen LogP contribution in [0.1, 0.15) is 42.2 Å². The summed E-state index contributed by atoms with van der Waals surface area (Å²) in [4.78, 5) is 20.3. The zero-order chi connectivity index (χ0) is 19.6. The van der Waals surface area contributed by atoms with E-state index in [4.69, 9.17) is 23.1 Å². The van der Waals surface area contributed by atoms with Crippen LogP contribution in [-0.4, -0.2) is 21.4 Å². The van der Waals surface area contributed by atoms with Gasteiger partial charge in [0.25, 0.3) is 5.91 Å². The molecule has 0 spiro atoms. The highest BCUT2D eigenvalue weighted by atomic mass is 35.5. The Balaban J connectivity index is 2.04. The average Bonchev–Trinajstić information content (AvgIpc) is 2.60. The number of aromatic nitrogens is 2. The Bertz CT molecular complexity index is 966. The van der Waals surface area contributed by atoms with Crippen LogP contribution in [0.4, 0.5) is 5.82 Å². The predicted octanol–water partition coefficient (Wildman–Crippen LogP) is 3.66. The van der Waals surface area contributed by atoms with E-state index in [1.165, 1.54) is 6.33 Å². The molecule has 3 rings (SSSR count). The molecule has 6 nitrogen and oxygen atoms in total. The first kappa shape index (κ1) is 19.1. The molecule has 0 saturated carbocycles. The first-order chi connectivity index (χ1) is 12.7. The third-order valence-corrected chi connectivity index (χ3v) is 4.50. The van der Waals surface area contributed by atoms with Crippen molar-refractivity contribution in [3.8, 4) is 0 Å². The number of anilines is 1. The number of nitrogens with two attached hydrogens (primary N) is 2. The monoisotopic (exact) mass is 383 g/mol. The smallest absolute Gasteiger partial charge is 0.250 e. The molecular weight excluding hydrogens is 362 g/mol. The Morgan fingerprint density at radius 1 is 1.19 bits per heavy atom. The molecule has 0 fully saturated rings. The van der Waals surface area contributed by atoms with Crippen molar-refractivity contribution in [2.45, 2.75) is 31.8 Å². The van der Waals surface area contributed by atoms with Gasteiger partial charge in [-0.15, -0.1) is 0 Å². The topological polar surface area (TPSA) is 107 Å². The van der Waals surface area contributed by atoms with Crippen molar-refractivity contribution in [1.29, 1.82) is 0 Å². The lowest BCUT2D eigenvalue weighted by molar-refractivity contribution is 0.100. The molecular formula is C20H22ClN5O. The fourth-order valence-corrected chi connectivity index (χ4v) is 3.17. The maximum Gasteiger partial charge on any atom is 0.250 e. The van der Waals surface area contributed by atoms with Crippen molar-refractivity contribution in [3.63, 3.8) is 0 Å². The van der Waals surface area contributed by atoms with E-state index in [9.17, 15) is 4.79 Å². The Morgan fingerprint density at radius 3 is 2.52 bits per heavy atom. The van der Waals surface area contributed by atoms with Gasteiger partial charge in [0.05, 0.1) is 17.1 Å². The maximum atomic E-state index is 11.7. The van der Waals surface area contributed by atoms with Crippen LogP contribution >= 0.6 is 11.6 Å². The maximum absolute atomic E-state index is 11.7. The molecule has 0 aliphatic carbocycles. The Hall–Kier alpha value is -2.70. The number of hydrogen-bond acceptors (Lipinski definition) is 5. The number of hydrogen-bond donors (Lipinski definition) is 3. The van der Waals surface area contributed by atoms with Gasteiger partial charge in [0.1, 0.15) is 12.1 Å². The van der Waals surface area contributed by atoms with Crippen molar-refractivity contribution >= 4 is 34.2 Å². The molecule has 0 saturated heterocycles. The summed E-state index contributed by atoms with van der Waals surface area (Å²) in [7, 11) is 0. The average molecular weight is 384 g/mol. The molecule has 0 aliphatic heterocycles. The number of primary amides is 1. The van der Waals surface area contributed by atoms with E-state index in [0.29, 0.717) is 28.3 Å². The van der Waals surface area contributed by atoms with Crippen LogP contribution in [0.2, 0.25) is 5.02 Å². The number of nitrogens with one attached hydrogen (secondary N) is 1. The van der Waals surface area contributed by atoms with Gasteiger partial charge >= 0.3 is 0 Å². The van der Waals surface area contributed by atoms with Gasteiger partial charge in [-0.05, 0) is 50.1 Å². The summed E-state index contributed by atoms with van der Waals surface area (Å²) in [5, 5.41) is 4.85. The quantitative estimate of drug-likeness (QED) is 0.602. The summed E-state index contributed by atoms with van der Waals surface area (Å²) in [6.07, 6.45) is 2.08. The van der Waals surface area contributed by atoms with Gasteiger partial charge in [-0.3, -0.25) is 4.79 Å². The van der Waals surface area contributed by atoms with E-state index >= 15 is 0 Å². The van der Waals surface area contributed by atoms with Crippen molar-refractivity contribution < 1.29 is 4.79 Å². The summed E-state index contributed by atoms with van der Waals surface area (Å²) in [6.45, 7) is 3.95. The third kappa shape index (κ3) is 4.53. The second-order valence-corrected chi connectivity index (χ2v) is 7.67. The van der Waals surface area contributed by atoms with Crippen LogP contribution in [0.25, 0.3) is 10.9 Å². The number of amides is 1. The Labute approximate surface area is 162 Å². The van der Waals surface area contributed by atoms with E-state index < -0.39 is 11.4 Å². The largest absolute Gasteiger partial charge is 0.366 e. The second kappa shape index (κ2) is 7.50.